The van der Waals surface area contributed by atoms with Gasteiger partial charge in [-0.1, -0.05) is 163 Å². The third kappa shape index (κ3) is 4.34. The molecule has 0 aromatic heterocycles. The lowest BCUT2D eigenvalue weighted by Crippen LogP contribution is -2.32. The summed E-state index contributed by atoms with van der Waals surface area (Å²) in [5, 5.41) is 15.1. The van der Waals surface area contributed by atoms with E-state index in [9.17, 15) is 5.26 Å². The van der Waals surface area contributed by atoms with Gasteiger partial charge in [0.25, 0.3) is 0 Å². The highest BCUT2D eigenvalue weighted by Crippen LogP contribution is 2.62. The van der Waals surface area contributed by atoms with Crippen molar-refractivity contribution in [1.29, 1.82) is 5.26 Å². The number of benzene rings is 9. The lowest BCUT2D eigenvalue weighted by atomic mass is 9.67. The Morgan fingerprint density at radius 3 is 1.67 bits per heavy atom. The molecular weight excluding hydrogens is 671 g/mol. The Morgan fingerprint density at radius 2 is 0.926 bits per heavy atom. The van der Waals surface area contributed by atoms with Crippen LogP contribution in [-0.2, 0) is 5.41 Å². The fraction of sp³-hybridized carbons (Fsp3) is 0.0192. The summed E-state index contributed by atoms with van der Waals surface area (Å²) in [4.78, 5) is 2.44. The van der Waals surface area contributed by atoms with E-state index >= 15 is 0 Å². The van der Waals surface area contributed by atoms with Gasteiger partial charge in [0, 0.05) is 9.79 Å². The van der Waals surface area contributed by atoms with Crippen molar-refractivity contribution >= 4 is 33.3 Å². The first-order valence-electron chi connectivity index (χ1n) is 18.4. The van der Waals surface area contributed by atoms with Crippen LogP contribution in [0.1, 0.15) is 27.8 Å². The van der Waals surface area contributed by atoms with Gasteiger partial charge in [0.15, 0.2) is 0 Å². The summed E-state index contributed by atoms with van der Waals surface area (Å²) in [7, 11) is 0. The summed E-state index contributed by atoms with van der Waals surface area (Å²) in [5.41, 5.74) is 14.9. The quantitative estimate of drug-likeness (QED) is 0.171. The smallest absolute Gasteiger partial charge is 0.0991 e. The minimum absolute atomic E-state index is 0.561. The molecule has 0 fully saturated rings. The van der Waals surface area contributed by atoms with E-state index in [2.05, 4.69) is 188 Å². The van der Waals surface area contributed by atoms with Crippen LogP contribution in [0, 0.1) is 11.3 Å². The lowest BCUT2D eigenvalue weighted by Gasteiger charge is -2.39. The van der Waals surface area contributed by atoms with Crippen LogP contribution in [0.4, 0.5) is 0 Å². The molecule has 250 valence electrons. The SMILES string of the molecule is N#Cc1ccc2c(c1)C1(c3ccccc3S2)c2ccccc2-c2ccc(-c3ccc4c(-c5ccccc5)c5ccccc5c(-c5ccccc5)c4c3)cc21. The standard InChI is InChI=1S/C52H31NS/c53-32-33-23-28-49-47(29-33)52(45-21-11-12-22-48(45)54-49)44-20-10-9-17-38(44)39-26-24-37(31-46(39)52)36-25-27-42-43(30-36)51(35-15-5-2-6-16-35)41-19-8-7-18-40(41)50(42)34-13-3-1-4-14-34/h1-31H. The highest BCUT2D eigenvalue weighted by molar-refractivity contribution is 7.99. The molecule has 2 aliphatic rings. The second-order valence-corrected chi connectivity index (χ2v) is 15.3. The van der Waals surface area contributed by atoms with Gasteiger partial charge in [-0.05, 0) is 125 Å². The van der Waals surface area contributed by atoms with Gasteiger partial charge in [-0.3, -0.25) is 0 Å². The monoisotopic (exact) mass is 701 g/mol. The van der Waals surface area contributed by atoms with E-state index < -0.39 is 5.41 Å². The zero-order valence-corrected chi connectivity index (χ0v) is 30.1. The molecule has 0 N–H and O–H groups in total. The Labute approximate surface area is 318 Å². The molecule has 1 atom stereocenters. The van der Waals surface area contributed by atoms with Gasteiger partial charge < -0.3 is 0 Å². The summed E-state index contributed by atoms with van der Waals surface area (Å²) < 4.78 is 0. The van der Waals surface area contributed by atoms with Gasteiger partial charge in [0.05, 0.1) is 17.0 Å². The first-order chi connectivity index (χ1) is 26.7. The molecule has 54 heavy (non-hydrogen) atoms. The van der Waals surface area contributed by atoms with Crippen LogP contribution in [0.5, 0.6) is 0 Å². The average Bonchev–Trinajstić information content (AvgIpc) is 3.53. The third-order valence-electron chi connectivity index (χ3n) is 11.6. The number of hydrogen-bond acceptors (Lipinski definition) is 2. The van der Waals surface area contributed by atoms with Gasteiger partial charge in [-0.2, -0.15) is 5.26 Å². The number of hydrogen-bond donors (Lipinski definition) is 0. The summed E-state index contributed by atoms with van der Waals surface area (Å²) in [5.74, 6) is 0. The fourth-order valence-electron chi connectivity index (χ4n) is 9.34. The Hall–Kier alpha value is -6.66. The summed E-state index contributed by atoms with van der Waals surface area (Å²) >= 11 is 1.80. The van der Waals surface area contributed by atoms with Crippen molar-refractivity contribution in [3.63, 3.8) is 0 Å². The van der Waals surface area contributed by atoms with E-state index in [0.717, 1.165) is 0 Å². The number of nitrogens with zero attached hydrogens (tertiary/aromatic N) is 1. The van der Waals surface area contributed by atoms with Crippen molar-refractivity contribution < 1.29 is 0 Å². The number of rotatable bonds is 3. The molecular formula is C52H31NS. The van der Waals surface area contributed by atoms with E-state index in [1.165, 1.54) is 98.1 Å². The Kier molecular flexibility index (Phi) is 6.83. The topological polar surface area (TPSA) is 23.8 Å². The van der Waals surface area contributed by atoms with E-state index in [0.29, 0.717) is 5.56 Å². The molecule has 1 unspecified atom stereocenters. The van der Waals surface area contributed by atoms with Crippen molar-refractivity contribution in [2.24, 2.45) is 0 Å². The van der Waals surface area contributed by atoms with Crippen molar-refractivity contribution in [3.8, 4) is 50.6 Å². The van der Waals surface area contributed by atoms with Crippen LogP contribution in [-0.4, -0.2) is 0 Å². The van der Waals surface area contributed by atoms with Crippen LogP contribution in [0.25, 0.3) is 66.1 Å². The van der Waals surface area contributed by atoms with Crippen molar-refractivity contribution in [2.75, 3.05) is 0 Å². The van der Waals surface area contributed by atoms with Crippen molar-refractivity contribution in [1.82, 2.24) is 0 Å². The van der Waals surface area contributed by atoms with Gasteiger partial charge in [-0.15, -0.1) is 0 Å². The van der Waals surface area contributed by atoms with E-state index in [1.54, 1.807) is 11.8 Å². The van der Waals surface area contributed by atoms with Crippen LogP contribution >= 0.6 is 11.8 Å². The minimum atomic E-state index is -0.561. The van der Waals surface area contributed by atoms with Gasteiger partial charge in [0.1, 0.15) is 0 Å². The van der Waals surface area contributed by atoms with Crippen LogP contribution in [0.2, 0.25) is 0 Å². The normalized spacial score (nSPS) is 15.0. The molecule has 1 nitrogen and oxygen atoms in total. The predicted molar refractivity (Wildman–Crippen MR) is 224 cm³/mol. The fourth-order valence-corrected chi connectivity index (χ4v) is 10.5. The molecule has 9 aromatic rings. The number of nitriles is 1. The van der Waals surface area contributed by atoms with Crippen LogP contribution in [0.15, 0.2) is 198 Å². The number of fused-ring (bicyclic) bond motifs is 11. The van der Waals surface area contributed by atoms with E-state index in [1.807, 2.05) is 6.07 Å². The lowest BCUT2D eigenvalue weighted by molar-refractivity contribution is 0.722. The second-order valence-electron chi connectivity index (χ2n) is 14.3. The molecule has 0 radical (unpaired) electrons. The highest BCUT2D eigenvalue weighted by Gasteiger charge is 2.50. The van der Waals surface area contributed by atoms with Crippen LogP contribution in [0.3, 0.4) is 0 Å². The maximum absolute atomic E-state index is 10.1. The van der Waals surface area contributed by atoms with Gasteiger partial charge in [0.2, 0.25) is 0 Å². The zero-order chi connectivity index (χ0) is 35.8. The van der Waals surface area contributed by atoms with Gasteiger partial charge >= 0.3 is 0 Å². The summed E-state index contributed by atoms with van der Waals surface area (Å²) in [6.45, 7) is 0. The van der Waals surface area contributed by atoms with E-state index in [4.69, 9.17) is 0 Å². The zero-order valence-electron chi connectivity index (χ0n) is 29.3. The molecule has 9 aromatic carbocycles. The van der Waals surface area contributed by atoms with E-state index in [-0.39, 0.29) is 0 Å². The van der Waals surface area contributed by atoms with Crippen LogP contribution < -0.4 is 0 Å². The first kappa shape index (κ1) is 30.9. The molecule has 0 saturated heterocycles. The molecule has 0 saturated carbocycles. The molecule has 0 bridgehead atoms. The molecule has 11 rings (SSSR count). The largest absolute Gasteiger partial charge is 0.192 e. The highest BCUT2D eigenvalue weighted by atomic mass is 32.2. The molecule has 1 spiro atoms. The second kappa shape index (κ2) is 11.9. The maximum Gasteiger partial charge on any atom is 0.0991 e. The molecule has 2 heteroatoms. The molecule has 1 aliphatic heterocycles. The average molecular weight is 702 g/mol. The Bertz CT molecular complexity index is 3030. The summed E-state index contributed by atoms with van der Waals surface area (Å²) in [6.07, 6.45) is 0. The molecule has 1 aliphatic carbocycles. The first-order valence-corrected chi connectivity index (χ1v) is 19.2. The minimum Gasteiger partial charge on any atom is -0.192 e. The molecule has 0 amide bonds. The van der Waals surface area contributed by atoms with Gasteiger partial charge in [-0.25, -0.2) is 0 Å². The molecule has 1 heterocycles. The Morgan fingerprint density at radius 1 is 0.370 bits per heavy atom. The third-order valence-corrected chi connectivity index (χ3v) is 12.7. The Balaban J connectivity index is 1.22. The summed E-state index contributed by atoms with van der Waals surface area (Å²) in [6, 6.07) is 71.0. The van der Waals surface area contributed by atoms with Crippen molar-refractivity contribution in [3.05, 3.63) is 216 Å². The maximum atomic E-state index is 10.1. The predicted octanol–water partition coefficient (Wildman–Crippen LogP) is 13.7. The van der Waals surface area contributed by atoms with Crippen molar-refractivity contribution in [2.45, 2.75) is 15.2 Å².